The number of hydrogen-bond donors (Lipinski definition) is 4. The Balaban J connectivity index is 1.19. The zero-order chi connectivity index (χ0) is 25.8. The minimum Gasteiger partial charge on any atom is -0.347 e. The third kappa shape index (κ3) is 5.40. The van der Waals surface area contributed by atoms with Crippen molar-refractivity contribution in [3.63, 3.8) is 0 Å². The molecule has 4 aromatic rings. The second-order valence-electron chi connectivity index (χ2n) is 7.96. The van der Waals surface area contributed by atoms with Crippen molar-refractivity contribution in [2.45, 2.75) is 0 Å². The first-order valence-corrected chi connectivity index (χ1v) is 11.1. The molecular weight excluding hydrogens is 480 g/mol. The van der Waals surface area contributed by atoms with E-state index in [4.69, 9.17) is 0 Å². The molecule has 4 N–H and O–H groups in total. The van der Waals surface area contributed by atoms with E-state index in [1.165, 1.54) is 18.3 Å². The molecule has 2 aromatic heterocycles. The number of H-pyrrole nitrogens is 1. The highest BCUT2D eigenvalue weighted by Crippen LogP contribution is 2.33. The maximum atomic E-state index is 13.4. The number of nitrogens with one attached hydrogen (secondary N) is 4. The molecule has 3 heterocycles. The van der Waals surface area contributed by atoms with E-state index in [2.05, 4.69) is 35.9 Å². The van der Waals surface area contributed by atoms with Gasteiger partial charge in [-0.25, -0.2) is 23.7 Å². The summed E-state index contributed by atoms with van der Waals surface area (Å²) in [5.41, 5.74) is 3.96. The number of halogens is 2. The van der Waals surface area contributed by atoms with Gasteiger partial charge in [-0.05, 0) is 35.9 Å². The van der Waals surface area contributed by atoms with Crippen molar-refractivity contribution < 1.29 is 18.4 Å². The van der Waals surface area contributed by atoms with Crippen molar-refractivity contribution >= 4 is 46.9 Å². The van der Waals surface area contributed by atoms with Crippen molar-refractivity contribution in [1.29, 1.82) is 0 Å². The first kappa shape index (κ1) is 23.5. The summed E-state index contributed by atoms with van der Waals surface area (Å²) < 4.78 is 26.5. The van der Waals surface area contributed by atoms with E-state index in [0.717, 1.165) is 29.0 Å². The van der Waals surface area contributed by atoms with Crippen LogP contribution in [-0.2, 0) is 4.79 Å². The van der Waals surface area contributed by atoms with Gasteiger partial charge in [0.2, 0.25) is 5.95 Å². The van der Waals surface area contributed by atoms with Gasteiger partial charge in [0.05, 0.1) is 23.8 Å². The van der Waals surface area contributed by atoms with Crippen molar-refractivity contribution in [2.24, 2.45) is 0 Å². The predicted molar refractivity (Wildman–Crippen MR) is 135 cm³/mol. The number of aromatic nitrogens is 4. The van der Waals surface area contributed by atoms with Crippen LogP contribution in [0.25, 0.3) is 17.7 Å². The molecule has 0 spiro atoms. The molecule has 2 aromatic carbocycles. The monoisotopic (exact) mass is 499 g/mol. The molecule has 0 radical (unpaired) electrons. The van der Waals surface area contributed by atoms with Crippen molar-refractivity contribution in [2.75, 3.05) is 17.2 Å². The van der Waals surface area contributed by atoms with Crippen LogP contribution in [0.15, 0.2) is 67.3 Å². The Hall–Kier alpha value is -5.19. The number of fused-ring (bicyclic) bond motifs is 1. The number of imidazole rings is 1. The molecule has 5 rings (SSSR count). The minimum atomic E-state index is -1.01. The number of amides is 2. The van der Waals surface area contributed by atoms with Crippen LogP contribution >= 0.6 is 0 Å². The van der Waals surface area contributed by atoms with Crippen LogP contribution in [0.2, 0.25) is 0 Å². The lowest BCUT2D eigenvalue weighted by Gasteiger charge is -2.07. The minimum absolute atomic E-state index is 0.0651. The molecule has 9 nitrogen and oxygen atoms in total. The zero-order valence-electron chi connectivity index (χ0n) is 19.1. The van der Waals surface area contributed by atoms with Gasteiger partial charge in [-0.1, -0.05) is 24.3 Å². The summed E-state index contributed by atoms with van der Waals surface area (Å²) >= 11 is 0. The van der Waals surface area contributed by atoms with E-state index >= 15 is 0 Å². The van der Waals surface area contributed by atoms with Crippen LogP contribution in [-0.4, -0.2) is 38.3 Å². The van der Waals surface area contributed by atoms with Crippen molar-refractivity contribution in [1.82, 2.24) is 25.3 Å². The fraction of sp³-hybridized carbons (Fsp3) is 0.0385. The van der Waals surface area contributed by atoms with Crippen LogP contribution < -0.4 is 16.0 Å². The number of carbonyl (C=O) groups is 2. The third-order valence-corrected chi connectivity index (χ3v) is 5.40. The van der Waals surface area contributed by atoms with Gasteiger partial charge in [-0.15, -0.1) is 0 Å². The number of hydrogen-bond acceptors (Lipinski definition) is 6. The number of aromatic amines is 1. The standard InChI is InChI=1S/C26H19F2N7O2/c27-20-6-4-16(12-21(20)28)33-26-31-9-7-22(35-26)25(37)30-8-1-2-15-3-5-18-19(11-17-13-29-14-32-17)24(36)34-23(18)10-15/h1-7,9-14H,8H2,(H,29,32)(H,30,37)(H,34,36)(H,31,33,35)/b2-1+,19-11?. The highest BCUT2D eigenvalue weighted by Gasteiger charge is 2.24. The van der Waals surface area contributed by atoms with Gasteiger partial charge < -0.3 is 20.9 Å². The van der Waals surface area contributed by atoms with Gasteiger partial charge in [0.15, 0.2) is 11.6 Å². The van der Waals surface area contributed by atoms with E-state index in [1.54, 1.807) is 24.7 Å². The molecule has 0 atom stereocenters. The van der Waals surface area contributed by atoms with Gasteiger partial charge >= 0.3 is 0 Å². The van der Waals surface area contributed by atoms with E-state index in [1.807, 2.05) is 24.3 Å². The summed E-state index contributed by atoms with van der Waals surface area (Å²) in [4.78, 5) is 39.9. The maximum absolute atomic E-state index is 13.4. The lowest BCUT2D eigenvalue weighted by atomic mass is 10.0. The molecule has 0 saturated carbocycles. The number of rotatable bonds is 7. The fourth-order valence-corrected chi connectivity index (χ4v) is 3.65. The van der Waals surface area contributed by atoms with E-state index in [9.17, 15) is 18.4 Å². The van der Waals surface area contributed by atoms with Crippen molar-refractivity contribution in [3.05, 3.63) is 101 Å². The molecule has 184 valence electrons. The smallest absolute Gasteiger partial charge is 0.270 e. The van der Waals surface area contributed by atoms with E-state index in [0.29, 0.717) is 11.3 Å². The number of carbonyl (C=O) groups excluding carboxylic acids is 2. The predicted octanol–water partition coefficient (Wildman–Crippen LogP) is 4.16. The SMILES string of the molecule is O=C1Nc2cc(/C=C/CNC(=O)c3ccnc(Nc4ccc(F)c(F)c4)n3)ccc2C1=Cc1cnc[nH]1. The molecule has 0 bridgehead atoms. The summed E-state index contributed by atoms with van der Waals surface area (Å²) in [5.74, 6) is -2.54. The Morgan fingerprint density at radius 2 is 1.97 bits per heavy atom. The zero-order valence-corrected chi connectivity index (χ0v) is 19.1. The second kappa shape index (κ2) is 10.2. The first-order chi connectivity index (χ1) is 18.0. The highest BCUT2D eigenvalue weighted by molar-refractivity contribution is 6.34. The average molecular weight is 499 g/mol. The Bertz CT molecular complexity index is 1550. The van der Waals surface area contributed by atoms with E-state index < -0.39 is 17.5 Å². The summed E-state index contributed by atoms with van der Waals surface area (Å²) in [7, 11) is 0. The van der Waals surface area contributed by atoms with E-state index in [-0.39, 0.29) is 29.8 Å². The Kier molecular flexibility index (Phi) is 6.49. The number of benzene rings is 2. The Morgan fingerprint density at radius 3 is 2.78 bits per heavy atom. The summed E-state index contributed by atoms with van der Waals surface area (Å²) in [6, 6.07) is 10.3. The molecule has 11 heteroatoms. The van der Waals surface area contributed by atoms with Gasteiger partial charge in [-0.3, -0.25) is 9.59 Å². The molecular formula is C26H19F2N7O2. The summed E-state index contributed by atoms with van der Waals surface area (Å²) in [6.45, 7) is 0.225. The van der Waals surface area contributed by atoms with Gasteiger partial charge in [-0.2, -0.15) is 0 Å². The lowest BCUT2D eigenvalue weighted by Crippen LogP contribution is -2.24. The first-order valence-electron chi connectivity index (χ1n) is 11.1. The van der Waals surface area contributed by atoms with Crippen LogP contribution in [0, 0.1) is 11.6 Å². The van der Waals surface area contributed by atoms with Crippen LogP contribution in [0.5, 0.6) is 0 Å². The second-order valence-corrected chi connectivity index (χ2v) is 7.96. The Morgan fingerprint density at radius 1 is 1.08 bits per heavy atom. The molecule has 0 aliphatic carbocycles. The van der Waals surface area contributed by atoms with Crippen LogP contribution in [0.3, 0.4) is 0 Å². The fourth-order valence-electron chi connectivity index (χ4n) is 3.65. The van der Waals surface area contributed by atoms with Crippen LogP contribution in [0.1, 0.15) is 27.3 Å². The maximum Gasteiger partial charge on any atom is 0.270 e. The Labute approximate surface area is 209 Å². The van der Waals surface area contributed by atoms with Crippen molar-refractivity contribution in [3.8, 4) is 0 Å². The normalized spacial score (nSPS) is 13.6. The molecule has 2 amide bonds. The lowest BCUT2D eigenvalue weighted by molar-refractivity contribution is -0.110. The highest BCUT2D eigenvalue weighted by atomic mass is 19.2. The van der Waals surface area contributed by atoms with Crippen LogP contribution in [0.4, 0.5) is 26.1 Å². The molecule has 0 saturated heterocycles. The number of nitrogens with zero attached hydrogens (tertiary/aromatic N) is 3. The quantitative estimate of drug-likeness (QED) is 0.283. The van der Waals surface area contributed by atoms with Gasteiger partial charge in [0.25, 0.3) is 11.8 Å². The average Bonchev–Trinajstić information content (AvgIpc) is 3.52. The molecule has 1 aliphatic rings. The molecule has 0 fully saturated rings. The number of anilines is 3. The molecule has 1 aliphatic heterocycles. The topological polar surface area (TPSA) is 125 Å². The van der Waals surface area contributed by atoms with Gasteiger partial charge in [0.1, 0.15) is 5.69 Å². The van der Waals surface area contributed by atoms with Gasteiger partial charge in [0, 0.05) is 35.7 Å². The largest absolute Gasteiger partial charge is 0.347 e. The molecule has 0 unspecified atom stereocenters. The summed E-state index contributed by atoms with van der Waals surface area (Å²) in [6.07, 6.45) is 9.89. The molecule has 37 heavy (non-hydrogen) atoms. The summed E-state index contributed by atoms with van der Waals surface area (Å²) in [5, 5.41) is 8.31. The third-order valence-electron chi connectivity index (χ3n) is 5.40.